The van der Waals surface area contributed by atoms with Crippen LogP contribution in [0.1, 0.15) is 42.5 Å². The first-order valence-electron chi connectivity index (χ1n) is 5.61. The van der Waals surface area contributed by atoms with Gasteiger partial charge in [-0.05, 0) is 30.2 Å². The Morgan fingerprint density at radius 2 is 1.63 bits per heavy atom. The topological polar surface area (TPSA) is 26.0 Å². The van der Waals surface area contributed by atoms with Crippen molar-refractivity contribution < 1.29 is 26.3 Å². The molecule has 19 heavy (non-hydrogen) atoms. The summed E-state index contributed by atoms with van der Waals surface area (Å²) in [7, 11) is 0. The normalized spacial score (nSPS) is 14.5. The minimum atomic E-state index is -4.72. The van der Waals surface area contributed by atoms with E-state index in [-0.39, 0.29) is 6.42 Å². The molecule has 0 aliphatic rings. The molecule has 2 N–H and O–H groups in total. The summed E-state index contributed by atoms with van der Waals surface area (Å²) in [6, 6.07) is 0.283. The molecule has 0 fully saturated rings. The summed E-state index contributed by atoms with van der Waals surface area (Å²) in [6.45, 7) is 1.70. The summed E-state index contributed by atoms with van der Waals surface area (Å²) in [5.74, 6) is 0. The van der Waals surface area contributed by atoms with Gasteiger partial charge in [-0.15, -0.1) is 0 Å². The summed E-state index contributed by atoms with van der Waals surface area (Å²) in [5, 5.41) is 0. The van der Waals surface area contributed by atoms with Crippen molar-refractivity contribution in [2.45, 2.75) is 38.2 Å². The predicted octanol–water partition coefficient (Wildman–Crippen LogP) is 4.52. The van der Waals surface area contributed by atoms with Gasteiger partial charge in [0.15, 0.2) is 0 Å². The zero-order valence-corrected chi connectivity index (χ0v) is 10.1. The predicted molar refractivity (Wildman–Crippen MR) is 58.3 cm³/mol. The highest BCUT2D eigenvalue weighted by atomic mass is 19.4. The smallest absolute Gasteiger partial charge is 0.324 e. The average molecular weight is 285 g/mol. The van der Waals surface area contributed by atoms with Gasteiger partial charge >= 0.3 is 12.4 Å². The molecule has 1 atom stereocenters. The number of nitrogens with two attached hydrogens (primary N) is 1. The van der Waals surface area contributed by atoms with Crippen molar-refractivity contribution in [2.75, 3.05) is 0 Å². The second-order valence-corrected chi connectivity index (χ2v) is 4.19. The van der Waals surface area contributed by atoms with Gasteiger partial charge in [0.2, 0.25) is 0 Å². The van der Waals surface area contributed by atoms with Crippen LogP contribution < -0.4 is 5.73 Å². The number of alkyl halides is 6. The molecular weight excluding hydrogens is 272 g/mol. The molecule has 0 amide bonds. The van der Waals surface area contributed by atoms with Crippen molar-refractivity contribution in [1.29, 1.82) is 0 Å². The van der Waals surface area contributed by atoms with Gasteiger partial charge in [0, 0.05) is 6.04 Å². The van der Waals surface area contributed by atoms with Gasteiger partial charge in [0.1, 0.15) is 0 Å². The molecule has 0 radical (unpaired) electrons. The fourth-order valence-electron chi connectivity index (χ4n) is 1.77. The zero-order valence-electron chi connectivity index (χ0n) is 10.1. The quantitative estimate of drug-likeness (QED) is 0.812. The van der Waals surface area contributed by atoms with Crippen LogP contribution in [0, 0.1) is 0 Å². The van der Waals surface area contributed by atoms with Gasteiger partial charge in [-0.2, -0.15) is 26.3 Å². The van der Waals surface area contributed by atoms with E-state index in [1.165, 1.54) is 0 Å². The summed E-state index contributed by atoms with van der Waals surface area (Å²) in [4.78, 5) is 0. The first-order valence-corrected chi connectivity index (χ1v) is 5.61. The maximum Gasteiger partial charge on any atom is 0.416 e. The third kappa shape index (κ3) is 3.86. The number of hydrogen-bond donors (Lipinski definition) is 1. The summed E-state index contributed by atoms with van der Waals surface area (Å²) in [6.07, 6.45) is -8.74. The number of halogens is 6. The lowest BCUT2D eigenvalue weighted by Gasteiger charge is -2.20. The Balaban J connectivity index is 3.35. The Morgan fingerprint density at radius 1 is 1.05 bits per heavy atom. The van der Waals surface area contributed by atoms with Crippen molar-refractivity contribution in [3.63, 3.8) is 0 Å². The van der Waals surface area contributed by atoms with Crippen molar-refractivity contribution in [3.05, 3.63) is 34.9 Å². The second-order valence-electron chi connectivity index (χ2n) is 4.19. The van der Waals surface area contributed by atoms with Gasteiger partial charge in [0.05, 0.1) is 11.1 Å². The minimum Gasteiger partial charge on any atom is -0.324 e. The molecule has 108 valence electrons. The maximum absolute atomic E-state index is 12.7. The summed E-state index contributed by atoms with van der Waals surface area (Å²) < 4.78 is 75.8. The van der Waals surface area contributed by atoms with E-state index in [1.54, 1.807) is 6.92 Å². The Hall–Kier alpha value is -1.24. The maximum atomic E-state index is 12.7. The van der Waals surface area contributed by atoms with E-state index < -0.39 is 35.1 Å². The molecule has 0 spiro atoms. The second kappa shape index (κ2) is 5.40. The van der Waals surface area contributed by atoms with E-state index in [1.807, 2.05) is 0 Å². The third-order valence-corrected chi connectivity index (χ3v) is 2.68. The highest BCUT2D eigenvalue weighted by Gasteiger charge is 2.37. The lowest BCUT2D eigenvalue weighted by atomic mass is 9.95. The molecule has 0 aromatic heterocycles. The van der Waals surface area contributed by atoms with E-state index in [4.69, 9.17) is 5.73 Å². The van der Waals surface area contributed by atoms with Crippen LogP contribution in [0.3, 0.4) is 0 Å². The van der Waals surface area contributed by atoms with Gasteiger partial charge in [-0.25, -0.2) is 0 Å². The summed E-state index contributed by atoms with van der Waals surface area (Å²) >= 11 is 0. The van der Waals surface area contributed by atoms with Crippen LogP contribution in [0.25, 0.3) is 0 Å². The summed E-state index contributed by atoms with van der Waals surface area (Å²) in [5.41, 5.74) is 2.80. The molecule has 7 heteroatoms. The molecule has 1 aromatic rings. The fourth-order valence-corrected chi connectivity index (χ4v) is 1.77. The van der Waals surface area contributed by atoms with Crippen molar-refractivity contribution >= 4 is 0 Å². The van der Waals surface area contributed by atoms with Crippen molar-refractivity contribution in [2.24, 2.45) is 5.73 Å². The van der Waals surface area contributed by atoms with Gasteiger partial charge in [0.25, 0.3) is 0 Å². The van der Waals surface area contributed by atoms with Gasteiger partial charge in [-0.3, -0.25) is 0 Å². The first kappa shape index (κ1) is 15.8. The van der Waals surface area contributed by atoms with Crippen LogP contribution in [-0.4, -0.2) is 0 Å². The number of rotatable bonds is 3. The average Bonchev–Trinajstić information content (AvgIpc) is 2.26. The van der Waals surface area contributed by atoms with Crippen LogP contribution in [0.2, 0.25) is 0 Å². The molecule has 1 rings (SSSR count). The Labute approximate surface area is 106 Å². The fraction of sp³-hybridized carbons (Fsp3) is 0.500. The molecule has 1 aromatic carbocycles. The van der Waals surface area contributed by atoms with E-state index >= 15 is 0 Å². The van der Waals surface area contributed by atoms with Gasteiger partial charge in [-0.1, -0.05) is 13.3 Å². The molecule has 0 heterocycles. The molecule has 0 aliphatic heterocycles. The standard InChI is InChI=1S/C12H13F6N/c1-2-3-10(19)8-6-7(11(13,14)15)4-5-9(8)12(16,17)18/h4-6,10H,2-3,19H2,1H3. The lowest BCUT2D eigenvalue weighted by molar-refractivity contribution is -0.142. The van der Waals surface area contributed by atoms with E-state index in [9.17, 15) is 26.3 Å². The Kier molecular flexibility index (Phi) is 4.50. The van der Waals surface area contributed by atoms with E-state index in [0.29, 0.717) is 24.6 Å². The number of benzene rings is 1. The monoisotopic (exact) mass is 285 g/mol. The van der Waals surface area contributed by atoms with Crippen LogP contribution in [-0.2, 0) is 12.4 Å². The number of hydrogen-bond acceptors (Lipinski definition) is 1. The molecular formula is C12H13F6N. The van der Waals surface area contributed by atoms with Crippen LogP contribution in [0.4, 0.5) is 26.3 Å². The zero-order chi connectivity index (χ0) is 14.8. The largest absolute Gasteiger partial charge is 0.416 e. The highest BCUT2D eigenvalue weighted by molar-refractivity contribution is 5.37. The highest BCUT2D eigenvalue weighted by Crippen LogP contribution is 2.38. The molecule has 0 bridgehead atoms. The van der Waals surface area contributed by atoms with Crippen LogP contribution >= 0.6 is 0 Å². The SMILES string of the molecule is CCCC(N)c1cc(C(F)(F)F)ccc1C(F)(F)F. The van der Waals surface area contributed by atoms with Crippen LogP contribution in [0.5, 0.6) is 0 Å². The molecule has 0 aliphatic carbocycles. The molecule has 1 unspecified atom stereocenters. The van der Waals surface area contributed by atoms with Crippen LogP contribution in [0.15, 0.2) is 18.2 Å². The Bertz CT molecular complexity index is 435. The van der Waals surface area contributed by atoms with Gasteiger partial charge < -0.3 is 5.73 Å². The molecule has 0 saturated heterocycles. The van der Waals surface area contributed by atoms with Crippen molar-refractivity contribution in [1.82, 2.24) is 0 Å². The first-order chi connectivity index (χ1) is 8.57. The minimum absolute atomic E-state index is 0.185. The lowest BCUT2D eigenvalue weighted by Crippen LogP contribution is -2.19. The van der Waals surface area contributed by atoms with E-state index in [0.717, 1.165) is 0 Å². The molecule has 0 saturated carbocycles. The molecule has 1 nitrogen and oxygen atoms in total. The van der Waals surface area contributed by atoms with Crippen molar-refractivity contribution in [3.8, 4) is 0 Å². The Morgan fingerprint density at radius 3 is 2.05 bits per heavy atom. The third-order valence-electron chi connectivity index (χ3n) is 2.68. The van der Waals surface area contributed by atoms with E-state index in [2.05, 4.69) is 0 Å².